The molecule has 1 amide bonds. The Bertz CT molecular complexity index is 658. The minimum Gasteiger partial charge on any atom is -0.497 e. The number of ether oxygens (including phenoxy) is 3. The third kappa shape index (κ3) is 6.34. The maximum atomic E-state index is 12.0. The number of methoxy groups -OCH3 is 2. The Morgan fingerprint density at radius 2 is 1.93 bits per heavy atom. The van der Waals surface area contributed by atoms with Crippen LogP contribution in [0.2, 0.25) is 0 Å². The molecule has 2 rings (SSSR count). The summed E-state index contributed by atoms with van der Waals surface area (Å²) in [6, 6.07) is 7.63. The topological polar surface area (TPSA) is 94.8 Å². The van der Waals surface area contributed by atoms with Crippen molar-refractivity contribution in [2.24, 2.45) is 17.6 Å². The first-order valence-electron chi connectivity index (χ1n) is 9.73. The summed E-state index contributed by atoms with van der Waals surface area (Å²) in [5, 5.41) is 6.34. The normalized spacial score (nSPS) is 19.5. The van der Waals surface area contributed by atoms with Crippen LogP contribution < -0.4 is 21.1 Å². The molecule has 28 heavy (non-hydrogen) atoms. The third-order valence-electron chi connectivity index (χ3n) is 4.75. The molecule has 1 aliphatic rings. The number of nitrogens with one attached hydrogen (secondary N) is 2. The second-order valence-corrected chi connectivity index (χ2v) is 7.49. The van der Waals surface area contributed by atoms with Crippen LogP contribution >= 0.6 is 0 Å². The van der Waals surface area contributed by atoms with Crippen LogP contribution in [0.15, 0.2) is 35.7 Å². The highest BCUT2D eigenvalue weighted by Crippen LogP contribution is 2.27. The number of alkyl carbamates (subject to hydrolysis) is 1. The number of hydrogen-bond donors (Lipinski definition) is 3. The fraction of sp³-hybridized carbons (Fsp3) is 0.571. The number of carbonyl (C=O) groups excluding carboxylic acids is 1. The standard InChI is InChI=1S/C21H33N3O4/c1-14(2)12-28-21(25)24-18-10-7-16(13-26-3)20(19(18)22)23-11-15-5-8-17(27-4)9-6-15/h5-6,8-9,14,16,18,23H,7,10-13,22H2,1-4H3,(H,24,25)/t16?,18-/m1/s1. The molecule has 0 radical (unpaired) electrons. The Morgan fingerprint density at radius 3 is 2.54 bits per heavy atom. The zero-order chi connectivity index (χ0) is 20.5. The second kappa shape index (κ2) is 10.8. The Balaban J connectivity index is 2.06. The van der Waals surface area contributed by atoms with E-state index in [1.807, 2.05) is 38.1 Å². The number of rotatable bonds is 9. The quantitative estimate of drug-likeness (QED) is 0.599. The smallest absolute Gasteiger partial charge is 0.407 e. The molecule has 1 aromatic rings. The molecular weight excluding hydrogens is 358 g/mol. The van der Waals surface area contributed by atoms with Gasteiger partial charge < -0.3 is 30.6 Å². The van der Waals surface area contributed by atoms with Crippen LogP contribution in [0.4, 0.5) is 4.79 Å². The Morgan fingerprint density at radius 1 is 1.21 bits per heavy atom. The Labute approximate surface area is 167 Å². The Kier molecular flexibility index (Phi) is 8.44. The number of hydrogen-bond acceptors (Lipinski definition) is 6. The lowest BCUT2D eigenvalue weighted by Crippen LogP contribution is -2.45. The highest BCUT2D eigenvalue weighted by atomic mass is 16.5. The molecule has 7 nitrogen and oxygen atoms in total. The highest BCUT2D eigenvalue weighted by molar-refractivity contribution is 5.68. The van der Waals surface area contributed by atoms with Crippen molar-refractivity contribution in [3.63, 3.8) is 0 Å². The van der Waals surface area contributed by atoms with Crippen LogP contribution in [0, 0.1) is 11.8 Å². The van der Waals surface area contributed by atoms with Crippen molar-refractivity contribution in [1.82, 2.24) is 10.6 Å². The molecule has 0 heterocycles. The summed E-state index contributed by atoms with van der Waals surface area (Å²) >= 11 is 0. The van der Waals surface area contributed by atoms with Crippen molar-refractivity contribution >= 4 is 6.09 Å². The first-order valence-corrected chi connectivity index (χ1v) is 9.73. The van der Waals surface area contributed by atoms with Crippen molar-refractivity contribution in [2.75, 3.05) is 27.4 Å². The Hall–Kier alpha value is -2.41. The van der Waals surface area contributed by atoms with E-state index in [0.717, 1.165) is 29.9 Å². The van der Waals surface area contributed by atoms with Gasteiger partial charge in [0.1, 0.15) is 5.75 Å². The summed E-state index contributed by atoms with van der Waals surface area (Å²) in [6.45, 7) is 5.59. The van der Waals surface area contributed by atoms with Gasteiger partial charge in [-0.3, -0.25) is 0 Å². The second-order valence-electron chi connectivity index (χ2n) is 7.49. The van der Waals surface area contributed by atoms with E-state index >= 15 is 0 Å². The average Bonchev–Trinajstić information content (AvgIpc) is 2.68. The third-order valence-corrected chi connectivity index (χ3v) is 4.75. The van der Waals surface area contributed by atoms with Crippen molar-refractivity contribution in [1.29, 1.82) is 0 Å². The van der Waals surface area contributed by atoms with Gasteiger partial charge in [0.2, 0.25) is 0 Å². The fourth-order valence-electron chi connectivity index (χ4n) is 3.22. The van der Waals surface area contributed by atoms with E-state index in [-0.39, 0.29) is 17.9 Å². The zero-order valence-corrected chi connectivity index (χ0v) is 17.3. The van der Waals surface area contributed by atoms with Crippen LogP contribution in [0.1, 0.15) is 32.3 Å². The largest absolute Gasteiger partial charge is 0.497 e. The average molecular weight is 392 g/mol. The molecule has 4 N–H and O–H groups in total. The van der Waals surface area contributed by atoms with Gasteiger partial charge in [-0.15, -0.1) is 0 Å². The summed E-state index contributed by atoms with van der Waals surface area (Å²) < 4.78 is 15.8. The van der Waals surface area contributed by atoms with E-state index in [1.54, 1.807) is 14.2 Å². The van der Waals surface area contributed by atoms with Gasteiger partial charge >= 0.3 is 6.09 Å². The summed E-state index contributed by atoms with van der Waals surface area (Å²) in [5.41, 5.74) is 9.11. The summed E-state index contributed by atoms with van der Waals surface area (Å²) in [6.07, 6.45) is 1.19. The maximum Gasteiger partial charge on any atom is 0.407 e. The molecule has 1 aliphatic carbocycles. The molecule has 156 valence electrons. The fourth-order valence-corrected chi connectivity index (χ4v) is 3.22. The monoisotopic (exact) mass is 391 g/mol. The van der Waals surface area contributed by atoms with Gasteiger partial charge in [-0.2, -0.15) is 0 Å². The van der Waals surface area contributed by atoms with Crippen LogP contribution in [0.25, 0.3) is 0 Å². The predicted octanol–water partition coefficient (Wildman–Crippen LogP) is 2.76. The number of carbonyl (C=O) groups is 1. The summed E-state index contributed by atoms with van der Waals surface area (Å²) in [7, 11) is 3.33. The van der Waals surface area contributed by atoms with E-state index in [1.165, 1.54) is 0 Å². The van der Waals surface area contributed by atoms with Gasteiger partial charge in [0.05, 0.1) is 32.1 Å². The van der Waals surface area contributed by atoms with E-state index in [9.17, 15) is 4.79 Å². The van der Waals surface area contributed by atoms with Crippen molar-refractivity contribution in [3.8, 4) is 5.75 Å². The minimum absolute atomic E-state index is 0.174. The van der Waals surface area contributed by atoms with Gasteiger partial charge in [-0.1, -0.05) is 26.0 Å². The SMILES string of the molecule is COCC1CC[C@@H](NC(=O)OCC(C)C)C(N)=C1NCc1ccc(OC)cc1. The number of benzene rings is 1. The van der Waals surface area contributed by atoms with Gasteiger partial charge in [-0.25, -0.2) is 4.79 Å². The molecule has 0 aromatic heterocycles. The molecule has 0 aliphatic heterocycles. The number of nitrogens with two attached hydrogens (primary N) is 1. The predicted molar refractivity (Wildman–Crippen MR) is 109 cm³/mol. The van der Waals surface area contributed by atoms with E-state index in [0.29, 0.717) is 25.5 Å². The molecule has 0 fully saturated rings. The van der Waals surface area contributed by atoms with Gasteiger partial charge in [0.25, 0.3) is 0 Å². The molecule has 0 bridgehead atoms. The lowest BCUT2D eigenvalue weighted by Gasteiger charge is -2.33. The molecule has 1 aromatic carbocycles. The lowest BCUT2D eigenvalue weighted by molar-refractivity contribution is 0.126. The minimum atomic E-state index is -0.429. The van der Waals surface area contributed by atoms with Crippen molar-refractivity contribution in [2.45, 2.75) is 39.3 Å². The van der Waals surface area contributed by atoms with Crippen LogP contribution in [-0.4, -0.2) is 39.6 Å². The lowest BCUT2D eigenvalue weighted by atomic mass is 9.87. The molecule has 0 spiro atoms. The first kappa shape index (κ1) is 21.9. The molecule has 7 heteroatoms. The summed E-state index contributed by atoms with van der Waals surface area (Å²) in [4.78, 5) is 12.0. The van der Waals surface area contributed by atoms with E-state index in [2.05, 4.69) is 10.6 Å². The van der Waals surface area contributed by atoms with Gasteiger partial charge in [0, 0.05) is 25.3 Å². The molecule has 0 saturated carbocycles. The van der Waals surface area contributed by atoms with Crippen LogP contribution in [0.3, 0.4) is 0 Å². The molecular formula is C21H33N3O4. The molecule has 2 atom stereocenters. The van der Waals surface area contributed by atoms with Gasteiger partial charge in [0.15, 0.2) is 0 Å². The highest BCUT2D eigenvalue weighted by Gasteiger charge is 2.29. The summed E-state index contributed by atoms with van der Waals surface area (Å²) in [5.74, 6) is 1.28. The van der Waals surface area contributed by atoms with E-state index < -0.39 is 6.09 Å². The van der Waals surface area contributed by atoms with Gasteiger partial charge in [-0.05, 0) is 36.5 Å². The van der Waals surface area contributed by atoms with Crippen molar-refractivity contribution in [3.05, 3.63) is 41.2 Å². The van der Waals surface area contributed by atoms with Crippen molar-refractivity contribution < 1.29 is 19.0 Å². The number of amides is 1. The molecule has 0 saturated heterocycles. The van der Waals surface area contributed by atoms with Crippen LogP contribution in [-0.2, 0) is 16.0 Å². The first-order chi connectivity index (χ1) is 13.4. The molecule has 1 unspecified atom stereocenters. The van der Waals surface area contributed by atoms with Crippen LogP contribution in [0.5, 0.6) is 5.75 Å². The maximum absolute atomic E-state index is 12.0. The zero-order valence-electron chi connectivity index (χ0n) is 17.3. The van der Waals surface area contributed by atoms with E-state index in [4.69, 9.17) is 19.9 Å².